The first-order valence-corrected chi connectivity index (χ1v) is 5.87. The van der Waals surface area contributed by atoms with Crippen LogP contribution in [-0.4, -0.2) is 34.3 Å². The summed E-state index contributed by atoms with van der Waals surface area (Å²) in [6, 6.07) is 0. The van der Waals surface area contributed by atoms with Crippen molar-refractivity contribution in [3.8, 4) is 0 Å². The first kappa shape index (κ1) is 11.6. The maximum Gasteiger partial charge on any atom is 0.137 e. The topological polar surface area (TPSA) is 49.2 Å². The van der Waals surface area contributed by atoms with Crippen molar-refractivity contribution >= 4 is 17.4 Å². The van der Waals surface area contributed by atoms with Gasteiger partial charge in [0, 0.05) is 18.7 Å². The lowest BCUT2D eigenvalue weighted by Gasteiger charge is -2.35. The fourth-order valence-electron chi connectivity index (χ4n) is 2.06. The molecule has 0 radical (unpaired) electrons. The molecule has 1 aliphatic rings. The molecule has 4 nitrogen and oxygen atoms in total. The number of rotatable bonds is 1. The number of hydrogen-bond donors (Lipinski definition) is 1. The average molecular weight is 242 g/mol. The quantitative estimate of drug-likeness (QED) is 0.760. The molecule has 0 amide bonds. The molecule has 0 bridgehead atoms. The van der Waals surface area contributed by atoms with E-state index >= 15 is 0 Å². The van der Waals surface area contributed by atoms with Crippen LogP contribution in [0.15, 0.2) is 6.33 Å². The monoisotopic (exact) mass is 241 g/mol. The second kappa shape index (κ2) is 4.55. The van der Waals surface area contributed by atoms with Crippen LogP contribution >= 0.6 is 11.6 Å². The van der Waals surface area contributed by atoms with Gasteiger partial charge in [0.25, 0.3) is 0 Å². The van der Waals surface area contributed by atoms with E-state index in [-0.39, 0.29) is 12.0 Å². The van der Waals surface area contributed by atoms with Crippen molar-refractivity contribution in [2.75, 3.05) is 18.0 Å². The van der Waals surface area contributed by atoms with E-state index in [1.165, 1.54) is 6.33 Å². The SMILES string of the molecule is Cc1c(Cl)ncnc1N1CCC(O)C(C)C1. The maximum atomic E-state index is 9.68. The second-order valence-corrected chi connectivity index (χ2v) is 4.75. The van der Waals surface area contributed by atoms with Crippen LogP contribution in [0.4, 0.5) is 5.82 Å². The highest BCUT2D eigenvalue weighted by atomic mass is 35.5. The van der Waals surface area contributed by atoms with Gasteiger partial charge in [-0.1, -0.05) is 18.5 Å². The van der Waals surface area contributed by atoms with E-state index in [1.807, 2.05) is 6.92 Å². The van der Waals surface area contributed by atoms with Gasteiger partial charge in [-0.25, -0.2) is 9.97 Å². The van der Waals surface area contributed by atoms with Crippen molar-refractivity contribution in [3.05, 3.63) is 17.0 Å². The number of piperidine rings is 1. The molecule has 2 atom stereocenters. The maximum absolute atomic E-state index is 9.68. The molecule has 1 aliphatic heterocycles. The Morgan fingerprint density at radius 1 is 1.50 bits per heavy atom. The Labute approximate surface area is 100 Å². The molecule has 0 spiro atoms. The van der Waals surface area contributed by atoms with Gasteiger partial charge in [-0.2, -0.15) is 0 Å². The highest BCUT2D eigenvalue weighted by Gasteiger charge is 2.26. The standard InChI is InChI=1S/C11H16ClN3O/c1-7-5-15(4-3-9(7)16)11-8(2)10(12)13-6-14-11/h6-7,9,16H,3-5H2,1-2H3. The third-order valence-electron chi connectivity index (χ3n) is 3.16. The van der Waals surface area contributed by atoms with Gasteiger partial charge in [-0.05, 0) is 19.3 Å². The molecule has 2 heterocycles. The van der Waals surface area contributed by atoms with Crippen molar-refractivity contribution in [2.24, 2.45) is 5.92 Å². The summed E-state index contributed by atoms with van der Waals surface area (Å²) >= 11 is 5.97. The molecule has 0 saturated carbocycles. The van der Waals surface area contributed by atoms with Gasteiger partial charge in [0.1, 0.15) is 17.3 Å². The zero-order valence-electron chi connectivity index (χ0n) is 9.52. The third-order valence-corrected chi connectivity index (χ3v) is 3.54. The summed E-state index contributed by atoms with van der Waals surface area (Å²) < 4.78 is 0. The lowest BCUT2D eigenvalue weighted by Crippen LogP contribution is -2.42. The van der Waals surface area contributed by atoms with Crippen LogP contribution in [-0.2, 0) is 0 Å². The van der Waals surface area contributed by atoms with E-state index in [1.54, 1.807) is 0 Å². The number of anilines is 1. The Kier molecular flexibility index (Phi) is 3.30. The third kappa shape index (κ3) is 2.13. The summed E-state index contributed by atoms with van der Waals surface area (Å²) in [7, 11) is 0. The predicted octanol–water partition coefficient (Wildman–Crippen LogP) is 1.65. The molecule has 2 unspecified atom stereocenters. The average Bonchev–Trinajstić information content (AvgIpc) is 2.26. The molecule has 0 aliphatic carbocycles. The van der Waals surface area contributed by atoms with Gasteiger partial charge in [-0.3, -0.25) is 0 Å². The van der Waals surface area contributed by atoms with Gasteiger partial charge < -0.3 is 10.0 Å². The van der Waals surface area contributed by atoms with Crippen LogP contribution in [0.2, 0.25) is 5.15 Å². The van der Waals surface area contributed by atoms with Gasteiger partial charge in [0.15, 0.2) is 0 Å². The first-order valence-electron chi connectivity index (χ1n) is 5.49. The Hall–Kier alpha value is -0.870. The number of aromatic nitrogens is 2. The predicted molar refractivity (Wildman–Crippen MR) is 63.8 cm³/mol. The van der Waals surface area contributed by atoms with E-state index in [4.69, 9.17) is 11.6 Å². The molecule has 1 saturated heterocycles. The largest absolute Gasteiger partial charge is 0.393 e. The van der Waals surface area contributed by atoms with E-state index in [9.17, 15) is 5.11 Å². The summed E-state index contributed by atoms with van der Waals surface area (Å²) in [6.07, 6.45) is 2.07. The van der Waals surface area contributed by atoms with Crippen molar-refractivity contribution in [1.82, 2.24) is 9.97 Å². The minimum absolute atomic E-state index is 0.200. The summed E-state index contributed by atoms with van der Waals surface area (Å²) in [5, 5.41) is 10.2. The van der Waals surface area contributed by atoms with E-state index in [0.717, 1.165) is 30.9 Å². The van der Waals surface area contributed by atoms with Crippen molar-refractivity contribution < 1.29 is 5.11 Å². The zero-order chi connectivity index (χ0) is 11.7. The van der Waals surface area contributed by atoms with Crippen molar-refractivity contribution in [1.29, 1.82) is 0 Å². The molecule has 2 rings (SSSR count). The lowest BCUT2D eigenvalue weighted by atomic mass is 9.96. The van der Waals surface area contributed by atoms with Gasteiger partial charge in [-0.15, -0.1) is 0 Å². The van der Waals surface area contributed by atoms with E-state index < -0.39 is 0 Å². The Bertz CT molecular complexity index is 385. The Balaban J connectivity index is 2.22. The van der Waals surface area contributed by atoms with Gasteiger partial charge in [0.05, 0.1) is 6.10 Å². The van der Waals surface area contributed by atoms with E-state index in [0.29, 0.717) is 5.15 Å². The van der Waals surface area contributed by atoms with Gasteiger partial charge >= 0.3 is 0 Å². The number of aliphatic hydroxyl groups excluding tert-OH is 1. The summed E-state index contributed by atoms with van der Waals surface area (Å²) in [6.45, 7) is 5.61. The van der Waals surface area contributed by atoms with Crippen LogP contribution < -0.4 is 4.90 Å². The molecule has 5 heteroatoms. The minimum Gasteiger partial charge on any atom is -0.393 e. The van der Waals surface area contributed by atoms with Crippen LogP contribution in [0.25, 0.3) is 0 Å². The zero-order valence-corrected chi connectivity index (χ0v) is 10.3. The molecular weight excluding hydrogens is 226 g/mol. The second-order valence-electron chi connectivity index (χ2n) is 4.39. The molecule has 1 fully saturated rings. The Morgan fingerprint density at radius 3 is 2.94 bits per heavy atom. The molecule has 16 heavy (non-hydrogen) atoms. The fraction of sp³-hybridized carbons (Fsp3) is 0.636. The number of halogens is 1. The van der Waals surface area contributed by atoms with Gasteiger partial charge in [0.2, 0.25) is 0 Å². The van der Waals surface area contributed by atoms with E-state index in [2.05, 4.69) is 21.8 Å². The number of nitrogens with zero attached hydrogens (tertiary/aromatic N) is 3. The van der Waals surface area contributed by atoms with Crippen molar-refractivity contribution in [3.63, 3.8) is 0 Å². The summed E-state index contributed by atoms with van der Waals surface area (Å²) in [4.78, 5) is 10.4. The first-order chi connectivity index (χ1) is 7.59. The molecule has 1 aromatic rings. The smallest absolute Gasteiger partial charge is 0.137 e. The minimum atomic E-state index is -0.200. The molecule has 1 aromatic heterocycles. The molecule has 0 aromatic carbocycles. The van der Waals surface area contributed by atoms with Crippen LogP contribution in [0.1, 0.15) is 18.9 Å². The number of aliphatic hydroxyl groups is 1. The molecule has 1 N–H and O–H groups in total. The van der Waals surface area contributed by atoms with Crippen LogP contribution in [0.3, 0.4) is 0 Å². The lowest BCUT2D eigenvalue weighted by molar-refractivity contribution is 0.0968. The number of hydrogen-bond acceptors (Lipinski definition) is 4. The van der Waals surface area contributed by atoms with Crippen LogP contribution in [0.5, 0.6) is 0 Å². The summed E-state index contributed by atoms with van der Waals surface area (Å²) in [5.41, 5.74) is 0.910. The summed E-state index contributed by atoms with van der Waals surface area (Å²) in [5.74, 6) is 1.15. The molecule has 88 valence electrons. The Morgan fingerprint density at radius 2 is 2.25 bits per heavy atom. The fourth-order valence-corrected chi connectivity index (χ4v) is 2.19. The van der Waals surface area contributed by atoms with Crippen LogP contribution in [0, 0.1) is 12.8 Å². The normalized spacial score (nSPS) is 25.9. The highest BCUT2D eigenvalue weighted by molar-refractivity contribution is 6.30. The highest BCUT2D eigenvalue weighted by Crippen LogP contribution is 2.26. The molecular formula is C11H16ClN3O. The van der Waals surface area contributed by atoms with Crippen molar-refractivity contribution in [2.45, 2.75) is 26.4 Å².